The minimum Gasteiger partial charge on any atom is -0.294 e. The monoisotopic (exact) mass is 265 g/mol. The molecular formula is C12H8FNO3S. The number of nitro groups is 1. The molecule has 0 atom stereocenters. The van der Waals surface area contributed by atoms with Crippen molar-refractivity contribution in [3.05, 3.63) is 62.1 Å². The number of carbonyl (C=O) groups excluding carboxylic acids is 1. The second-order valence-electron chi connectivity index (χ2n) is 3.60. The topological polar surface area (TPSA) is 60.2 Å². The van der Waals surface area contributed by atoms with Crippen molar-refractivity contribution in [2.45, 2.75) is 6.42 Å². The summed E-state index contributed by atoms with van der Waals surface area (Å²) in [6.45, 7) is 0. The smallest absolute Gasteiger partial charge is 0.272 e. The van der Waals surface area contributed by atoms with Crippen LogP contribution in [0.2, 0.25) is 0 Å². The number of hydrogen-bond donors (Lipinski definition) is 0. The first-order chi connectivity index (χ1) is 8.58. The summed E-state index contributed by atoms with van der Waals surface area (Å²) in [5.74, 6) is -1.24. The fourth-order valence-corrected chi connectivity index (χ4v) is 2.21. The van der Waals surface area contributed by atoms with E-state index in [1.54, 1.807) is 12.1 Å². The third kappa shape index (κ3) is 2.60. The highest BCUT2D eigenvalue weighted by molar-refractivity contribution is 7.10. The maximum atomic E-state index is 13.6. The molecule has 18 heavy (non-hydrogen) atoms. The Labute approximate surface area is 106 Å². The fourth-order valence-electron chi connectivity index (χ4n) is 1.51. The van der Waals surface area contributed by atoms with E-state index in [2.05, 4.69) is 0 Å². The minimum atomic E-state index is -0.856. The number of non-ortho nitro benzene ring substituents is 1. The molecule has 0 amide bonds. The largest absolute Gasteiger partial charge is 0.294 e. The molecule has 0 bridgehead atoms. The highest BCUT2D eigenvalue weighted by Gasteiger charge is 2.16. The second-order valence-corrected chi connectivity index (χ2v) is 4.63. The van der Waals surface area contributed by atoms with Crippen LogP contribution in [0.25, 0.3) is 0 Å². The van der Waals surface area contributed by atoms with Gasteiger partial charge in [0, 0.05) is 17.4 Å². The molecule has 0 aliphatic rings. The molecule has 1 heterocycles. The van der Waals surface area contributed by atoms with Crippen molar-refractivity contribution in [2.24, 2.45) is 0 Å². The molecule has 1 aromatic heterocycles. The zero-order valence-corrected chi connectivity index (χ0v) is 9.95. The van der Waals surface area contributed by atoms with Crippen molar-refractivity contribution in [1.29, 1.82) is 0 Å². The summed E-state index contributed by atoms with van der Waals surface area (Å²) >= 11 is 1.41. The highest BCUT2D eigenvalue weighted by atomic mass is 32.1. The van der Waals surface area contributed by atoms with Crippen LogP contribution in [0.1, 0.15) is 15.2 Å². The number of rotatable bonds is 4. The molecule has 0 aliphatic heterocycles. The van der Waals surface area contributed by atoms with Crippen molar-refractivity contribution >= 4 is 22.8 Å². The number of benzene rings is 1. The van der Waals surface area contributed by atoms with Crippen LogP contribution in [0.15, 0.2) is 35.7 Å². The van der Waals surface area contributed by atoms with Crippen LogP contribution in [0.3, 0.4) is 0 Å². The maximum absolute atomic E-state index is 13.6. The third-order valence-electron chi connectivity index (χ3n) is 2.38. The highest BCUT2D eigenvalue weighted by Crippen LogP contribution is 2.19. The lowest BCUT2D eigenvalue weighted by Crippen LogP contribution is -2.05. The van der Waals surface area contributed by atoms with E-state index in [1.165, 1.54) is 11.3 Å². The van der Waals surface area contributed by atoms with Crippen LogP contribution in [0.5, 0.6) is 0 Å². The van der Waals surface area contributed by atoms with Gasteiger partial charge in [0.1, 0.15) is 5.82 Å². The molecule has 0 aliphatic carbocycles. The molecule has 0 saturated heterocycles. The Kier molecular flexibility index (Phi) is 3.47. The molecule has 0 saturated carbocycles. The number of halogens is 1. The summed E-state index contributed by atoms with van der Waals surface area (Å²) < 4.78 is 13.6. The molecule has 0 unspecified atom stereocenters. The third-order valence-corrected chi connectivity index (χ3v) is 3.26. The predicted molar refractivity (Wildman–Crippen MR) is 65.4 cm³/mol. The number of nitro benzene ring substituents is 1. The second kappa shape index (κ2) is 5.05. The zero-order chi connectivity index (χ0) is 13.1. The van der Waals surface area contributed by atoms with Gasteiger partial charge < -0.3 is 0 Å². The SMILES string of the molecule is O=C(Cc1cccs1)c1ccc([N+](=O)[O-])cc1F. The molecule has 0 N–H and O–H groups in total. The van der Waals surface area contributed by atoms with Gasteiger partial charge in [0.2, 0.25) is 0 Å². The van der Waals surface area contributed by atoms with Gasteiger partial charge in [0.15, 0.2) is 5.78 Å². The Morgan fingerprint density at radius 3 is 2.72 bits per heavy atom. The van der Waals surface area contributed by atoms with E-state index in [0.717, 1.165) is 23.1 Å². The van der Waals surface area contributed by atoms with Crippen molar-refractivity contribution in [2.75, 3.05) is 0 Å². The summed E-state index contributed by atoms with van der Waals surface area (Å²) in [6, 6.07) is 6.64. The number of thiophene rings is 1. The molecule has 2 rings (SSSR count). The number of Topliss-reactive ketones (excluding diaryl/α,β-unsaturated/α-hetero) is 1. The van der Waals surface area contributed by atoms with E-state index in [9.17, 15) is 19.3 Å². The van der Waals surface area contributed by atoms with Gasteiger partial charge >= 0.3 is 0 Å². The standard InChI is InChI=1S/C12H8FNO3S/c13-11-6-8(14(16)17)3-4-10(11)12(15)7-9-2-1-5-18-9/h1-6H,7H2. The maximum Gasteiger partial charge on any atom is 0.272 e. The molecule has 0 fully saturated rings. The lowest BCUT2D eigenvalue weighted by atomic mass is 10.1. The van der Waals surface area contributed by atoms with Gasteiger partial charge in [-0.25, -0.2) is 4.39 Å². The number of carbonyl (C=O) groups is 1. The van der Waals surface area contributed by atoms with E-state index in [-0.39, 0.29) is 23.5 Å². The van der Waals surface area contributed by atoms with E-state index >= 15 is 0 Å². The van der Waals surface area contributed by atoms with E-state index in [1.807, 2.05) is 5.38 Å². The molecular weight excluding hydrogens is 257 g/mol. The summed E-state index contributed by atoms with van der Waals surface area (Å²) in [7, 11) is 0. The Bertz CT molecular complexity index is 595. The van der Waals surface area contributed by atoms with Gasteiger partial charge in [-0.1, -0.05) is 6.07 Å². The lowest BCUT2D eigenvalue weighted by molar-refractivity contribution is -0.385. The molecule has 0 spiro atoms. The molecule has 4 nitrogen and oxygen atoms in total. The van der Waals surface area contributed by atoms with Gasteiger partial charge in [-0.3, -0.25) is 14.9 Å². The van der Waals surface area contributed by atoms with Crippen LogP contribution < -0.4 is 0 Å². The van der Waals surface area contributed by atoms with E-state index < -0.39 is 10.7 Å². The average molecular weight is 265 g/mol. The molecule has 6 heteroatoms. The number of nitrogens with zero attached hydrogens (tertiary/aromatic N) is 1. The molecule has 0 radical (unpaired) electrons. The summed E-state index contributed by atoms with van der Waals surface area (Å²) in [5, 5.41) is 12.3. The normalized spacial score (nSPS) is 10.3. The number of ketones is 1. The Morgan fingerprint density at radius 2 is 2.17 bits per heavy atom. The Morgan fingerprint density at radius 1 is 1.39 bits per heavy atom. The van der Waals surface area contributed by atoms with Gasteiger partial charge in [0.05, 0.1) is 16.6 Å². The summed E-state index contributed by atoms with van der Waals surface area (Å²) in [5.41, 5.74) is -0.478. The van der Waals surface area contributed by atoms with E-state index in [4.69, 9.17) is 0 Å². The first-order valence-electron chi connectivity index (χ1n) is 5.07. The Hall–Kier alpha value is -2.08. The molecule has 92 valence electrons. The fraction of sp³-hybridized carbons (Fsp3) is 0.0833. The van der Waals surface area contributed by atoms with Crippen LogP contribution in [-0.4, -0.2) is 10.7 Å². The first-order valence-corrected chi connectivity index (χ1v) is 5.95. The lowest BCUT2D eigenvalue weighted by Gasteiger charge is -2.01. The van der Waals surface area contributed by atoms with Gasteiger partial charge in [-0.15, -0.1) is 11.3 Å². The van der Waals surface area contributed by atoms with Crippen LogP contribution in [-0.2, 0) is 6.42 Å². The summed E-state index contributed by atoms with van der Waals surface area (Å²) in [6.07, 6.45) is 0.104. The van der Waals surface area contributed by atoms with Crippen LogP contribution in [0, 0.1) is 15.9 Å². The molecule has 2 aromatic rings. The van der Waals surface area contributed by atoms with Crippen molar-refractivity contribution in [3.63, 3.8) is 0 Å². The van der Waals surface area contributed by atoms with Crippen LogP contribution >= 0.6 is 11.3 Å². The number of hydrogen-bond acceptors (Lipinski definition) is 4. The Balaban J connectivity index is 2.23. The van der Waals surface area contributed by atoms with Crippen molar-refractivity contribution in [3.8, 4) is 0 Å². The van der Waals surface area contributed by atoms with Gasteiger partial charge in [-0.2, -0.15) is 0 Å². The van der Waals surface area contributed by atoms with Gasteiger partial charge in [0.25, 0.3) is 5.69 Å². The minimum absolute atomic E-state index is 0.104. The molecule has 1 aromatic carbocycles. The zero-order valence-electron chi connectivity index (χ0n) is 9.13. The summed E-state index contributed by atoms with van der Waals surface area (Å²) in [4.78, 5) is 22.4. The van der Waals surface area contributed by atoms with Gasteiger partial charge in [-0.05, 0) is 17.5 Å². The van der Waals surface area contributed by atoms with Crippen LogP contribution in [0.4, 0.5) is 10.1 Å². The predicted octanol–water partition coefficient (Wildman–Crippen LogP) is 3.22. The average Bonchev–Trinajstić information content (AvgIpc) is 2.81. The first kappa shape index (κ1) is 12.4. The quantitative estimate of drug-likeness (QED) is 0.484. The van der Waals surface area contributed by atoms with Crippen molar-refractivity contribution in [1.82, 2.24) is 0 Å². The van der Waals surface area contributed by atoms with E-state index in [0.29, 0.717) is 0 Å². The van der Waals surface area contributed by atoms with Crippen molar-refractivity contribution < 1.29 is 14.1 Å².